The number of nitrogens with zero attached hydrogens (tertiary/aromatic N) is 1. The van der Waals surface area contributed by atoms with Crippen LogP contribution >= 0.6 is 0 Å². The van der Waals surface area contributed by atoms with Crippen LogP contribution in [0.25, 0.3) is 0 Å². The van der Waals surface area contributed by atoms with Gasteiger partial charge in [-0.25, -0.2) is 13.2 Å². The van der Waals surface area contributed by atoms with Gasteiger partial charge in [-0.1, -0.05) is 6.92 Å². The number of esters is 1. The van der Waals surface area contributed by atoms with E-state index in [-0.39, 0.29) is 29.1 Å². The van der Waals surface area contributed by atoms with Gasteiger partial charge in [0.05, 0.1) is 36.9 Å². The van der Waals surface area contributed by atoms with Crippen LogP contribution in [0.2, 0.25) is 0 Å². The Labute approximate surface area is 199 Å². The Balaban J connectivity index is 1.61. The quantitative estimate of drug-likeness (QED) is 0.349. The predicted octanol–water partition coefficient (Wildman–Crippen LogP) is 2.93. The van der Waals surface area contributed by atoms with E-state index in [0.29, 0.717) is 37.9 Å². The van der Waals surface area contributed by atoms with E-state index in [4.69, 9.17) is 18.9 Å². The highest BCUT2D eigenvalue weighted by molar-refractivity contribution is 7.89. The maximum absolute atomic E-state index is 12.7. The molecule has 1 saturated heterocycles. The molecule has 3 rings (SSSR count). The minimum atomic E-state index is -3.65. The zero-order chi connectivity index (χ0) is 24.6. The largest absolute Gasteiger partial charge is 0.490 e. The molecule has 1 aliphatic heterocycles. The number of Topliss-reactive ketones (excluding diaryl/α,β-unsaturated/α-hetero) is 1. The van der Waals surface area contributed by atoms with Crippen molar-refractivity contribution in [3.63, 3.8) is 0 Å². The molecule has 1 aliphatic rings. The molecule has 0 radical (unpaired) electrons. The highest BCUT2D eigenvalue weighted by Gasteiger charge is 2.26. The summed E-state index contributed by atoms with van der Waals surface area (Å²) in [6, 6.07) is 10.3. The fraction of sp³-hybridized carbons (Fsp3) is 0.417. The van der Waals surface area contributed by atoms with Crippen molar-refractivity contribution in [1.29, 1.82) is 0 Å². The highest BCUT2D eigenvalue weighted by atomic mass is 32.2. The van der Waals surface area contributed by atoms with Gasteiger partial charge in [-0.3, -0.25) is 4.79 Å². The summed E-state index contributed by atoms with van der Waals surface area (Å²) >= 11 is 0. The van der Waals surface area contributed by atoms with Crippen molar-refractivity contribution in [3.05, 3.63) is 53.6 Å². The first-order valence-corrected chi connectivity index (χ1v) is 12.6. The maximum Gasteiger partial charge on any atom is 0.338 e. The fourth-order valence-corrected chi connectivity index (χ4v) is 4.69. The molecule has 0 N–H and O–H groups in total. The van der Waals surface area contributed by atoms with E-state index in [1.54, 1.807) is 12.1 Å². The lowest BCUT2D eigenvalue weighted by molar-refractivity contribution is 0.0474. The lowest BCUT2D eigenvalue weighted by atomic mass is 10.1. The van der Waals surface area contributed by atoms with Crippen LogP contribution in [-0.4, -0.2) is 70.6 Å². The molecule has 2 aromatic carbocycles. The van der Waals surface area contributed by atoms with Crippen LogP contribution in [0.1, 0.15) is 41.0 Å². The average Bonchev–Trinajstić information content (AvgIpc) is 2.87. The third-order valence-corrected chi connectivity index (χ3v) is 6.97. The van der Waals surface area contributed by atoms with Crippen molar-refractivity contribution in [3.8, 4) is 11.5 Å². The third kappa shape index (κ3) is 6.34. The van der Waals surface area contributed by atoms with Crippen molar-refractivity contribution >= 4 is 21.8 Å². The summed E-state index contributed by atoms with van der Waals surface area (Å²) in [7, 11) is -3.65. The standard InChI is InChI=1S/C24H29NO8S/c1-3-13-32-22-10-7-19(16-23(22)31-4-2)24(27)33-17-21(26)18-5-8-20(9-6-18)34(28,29)25-11-14-30-15-12-25/h5-10,16H,3-4,11-15,17H2,1-2H3. The number of benzene rings is 2. The van der Waals surface area contributed by atoms with Crippen molar-refractivity contribution in [2.75, 3.05) is 46.1 Å². The molecular formula is C24H29NO8S. The van der Waals surface area contributed by atoms with Crippen LogP contribution in [0.4, 0.5) is 0 Å². The molecule has 0 aliphatic carbocycles. The van der Waals surface area contributed by atoms with Crippen molar-refractivity contribution < 1.29 is 37.0 Å². The van der Waals surface area contributed by atoms with E-state index in [2.05, 4.69) is 0 Å². The summed E-state index contributed by atoms with van der Waals surface area (Å²) in [5, 5.41) is 0. The Morgan fingerprint density at radius 2 is 1.62 bits per heavy atom. The number of ether oxygens (including phenoxy) is 4. The highest BCUT2D eigenvalue weighted by Crippen LogP contribution is 2.29. The average molecular weight is 492 g/mol. The molecule has 0 bridgehead atoms. The lowest BCUT2D eigenvalue weighted by Gasteiger charge is -2.26. The maximum atomic E-state index is 12.7. The Hall–Kier alpha value is -2.95. The van der Waals surface area contributed by atoms with Crippen LogP contribution in [0.3, 0.4) is 0 Å². The van der Waals surface area contributed by atoms with Gasteiger partial charge < -0.3 is 18.9 Å². The first kappa shape index (κ1) is 25.7. The zero-order valence-electron chi connectivity index (χ0n) is 19.3. The number of morpholine rings is 1. The summed E-state index contributed by atoms with van der Waals surface area (Å²) in [6.07, 6.45) is 0.831. The number of hydrogen-bond acceptors (Lipinski definition) is 8. The van der Waals surface area contributed by atoms with Crippen LogP contribution in [0.15, 0.2) is 47.4 Å². The molecular weight excluding hydrogens is 462 g/mol. The smallest absolute Gasteiger partial charge is 0.338 e. The molecule has 1 fully saturated rings. The van der Waals surface area contributed by atoms with Crippen molar-refractivity contribution in [2.24, 2.45) is 0 Å². The predicted molar refractivity (Wildman–Crippen MR) is 124 cm³/mol. The van der Waals surface area contributed by atoms with Crippen LogP contribution in [-0.2, 0) is 19.5 Å². The topological polar surface area (TPSA) is 108 Å². The molecule has 10 heteroatoms. The molecule has 34 heavy (non-hydrogen) atoms. The summed E-state index contributed by atoms with van der Waals surface area (Å²) in [4.78, 5) is 25.0. The first-order chi connectivity index (χ1) is 16.4. The molecule has 0 unspecified atom stereocenters. The number of carbonyl (C=O) groups is 2. The summed E-state index contributed by atoms with van der Waals surface area (Å²) in [6.45, 7) is 5.52. The molecule has 1 heterocycles. The molecule has 0 aromatic heterocycles. The number of hydrogen-bond donors (Lipinski definition) is 0. The molecule has 0 atom stereocenters. The number of sulfonamides is 1. The van der Waals surface area contributed by atoms with E-state index in [1.165, 1.54) is 34.6 Å². The molecule has 2 aromatic rings. The van der Waals surface area contributed by atoms with Gasteiger partial charge in [0.2, 0.25) is 10.0 Å². The van der Waals surface area contributed by atoms with Gasteiger partial charge in [-0.05, 0) is 55.8 Å². The Morgan fingerprint density at radius 3 is 2.26 bits per heavy atom. The second-order valence-corrected chi connectivity index (χ2v) is 9.42. The number of carbonyl (C=O) groups excluding carboxylic acids is 2. The molecule has 0 saturated carbocycles. The normalized spacial score (nSPS) is 14.4. The van der Waals surface area contributed by atoms with Crippen LogP contribution in [0, 0.1) is 0 Å². The zero-order valence-corrected chi connectivity index (χ0v) is 20.1. The fourth-order valence-electron chi connectivity index (χ4n) is 3.28. The second kappa shape index (κ2) is 12.0. The molecule has 0 spiro atoms. The van der Waals surface area contributed by atoms with E-state index < -0.39 is 28.4 Å². The van der Waals surface area contributed by atoms with Gasteiger partial charge in [0.1, 0.15) is 0 Å². The summed E-state index contributed by atoms with van der Waals surface area (Å²) in [5.41, 5.74) is 0.471. The monoisotopic (exact) mass is 491 g/mol. The Bertz CT molecular complexity index is 1090. The van der Waals surface area contributed by atoms with Gasteiger partial charge in [0.25, 0.3) is 0 Å². The van der Waals surface area contributed by atoms with Gasteiger partial charge in [0, 0.05) is 18.7 Å². The first-order valence-electron chi connectivity index (χ1n) is 11.1. The third-order valence-electron chi connectivity index (χ3n) is 5.06. The number of rotatable bonds is 11. The van der Waals surface area contributed by atoms with Gasteiger partial charge in [-0.15, -0.1) is 0 Å². The molecule has 0 amide bonds. The van der Waals surface area contributed by atoms with Gasteiger partial charge in [-0.2, -0.15) is 4.31 Å². The second-order valence-electron chi connectivity index (χ2n) is 7.48. The van der Waals surface area contributed by atoms with E-state index >= 15 is 0 Å². The summed E-state index contributed by atoms with van der Waals surface area (Å²) in [5.74, 6) is -0.170. The van der Waals surface area contributed by atoms with Crippen molar-refractivity contribution in [2.45, 2.75) is 25.2 Å². The van der Waals surface area contributed by atoms with E-state index in [1.807, 2.05) is 13.8 Å². The van der Waals surface area contributed by atoms with Gasteiger partial charge in [0.15, 0.2) is 23.9 Å². The minimum absolute atomic E-state index is 0.0942. The lowest BCUT2D eigenvalue weighted by Crippen LogP contribution is -2.40. The SMILES string of the molecule is CCCOc1ccc(C(=O)OCC(=O)c2ccc(S(=O)(=O)N3CCOCC3)cc2)cc1OCC. The van der Waals surface area contributed by atoms with E-state index in [9.17, 15) is 18.0 Å². The van der Waals surface area contributed by atoms with Gasteiger partial charge >= 0.3 is 5.97 Å². The van der Waals surface area contributed by atoms with Crippen LogP contribution < -0.4 is 9.47 Å². The Morgan fingerprint density at radius 1 is 0.941 bits per heavy atom. The number of ketones is 1. The Kier molecular flexibility index (Phi) is 9.03. The van der Waals surface area contributed by atoms with Crippen LogP contribution in [0.5, 0.6) is 11.5 Å². The minimum Gasteiger partial charge on any atom is -0.490 e. The molecule has 184 valence electrons. The molecule has 9 nitrogen and oxygen atoms in total. The van der Waals surface area contributed by atoms with E-state index in [0.717, 1.165) is 6.42 Å². The van der Waals surface area contributed by atoms with Crippen molar-refractivity contribution in [1.82, 2.24) is 4.31 Å². The summed E-state index contributed by atoms with van der Waals surface area (Å²) < 4.78 is 48.3.